The highest BCUT2D eigenvalue weighted by Crippen LogP contribution is 2.41. The zero-order valence-corrected chi connectivity index (χ0v) is 43.9. The van der Waals surface area contributed by atoms with Crippen LogP contribution < -0.4 is 16.0 Å². The lowest BCUT2D eigenvalue weighted by molar-refractivity contribution is -0.403. The summed E-state index contributed by atoms with van der Waals surface area (Å²) in [5, 5.41) is 212. The minimum Gasteiger partial charge on any atom is -0.477 e. The molecule has 0 aromatic carbocycles. The minimum atomic E-state index is -3.39. The van der Waals surface area contributed by atoms with E-state index in [1.54, 1.807) is 0 Å². The SMILES string of the molecule is CC(=O)N[C@H]1[C@H](O[C@@H]2[C@@H](O)[C@@H](O)[C@H](O[C@H]3[C@@H](O)[C@@H](CO)O[C@@H](O[C@@H]4[C@H](O[C@]5(C(=O)O)C[C@H](O)[C@@H](NC(C)=O)[C@H]([C@H](O)[C@H](O)CO)O5)[C@@H](O)[C@H](O[C@H]5[C@H](O)[C@@H](O)[C@H](O)O[C@@H]5CO)O[C@@H]4CO)[C@@H]3NC(C)=O)O[C@@H]2CO)O[C@H](CO)[C@H](O)[C@@H]1O. The van der Waals surface area contributed by atoms with Crippen molar-refractivity contribution in [1.29, 1.82) is 0 Å². The Kier molecular flexibility index (Phi) is 23.9. The number of aliphatic hydroxyl groups excluding tert-OH is 18. The van der Waals surface area contributed by atoms with Crippen molar-refractivity contribution in [1.82, 2.24) is 16.0 Å². The van der Waals surface area contributed by atoms with Gasteiger partial charge in [-0.2, -0.15) is 0 Å². The van der Waals surface area contributed by atoms with Crippen LogP contribution in [0.1, 0.15) is 27.2 Å². The molecule has 6 heterocycles. The summed E-state index contributed by atoms with van der Waals surface area (Å²) < 4.78 is 63.9. The van der Waals surface area contributed by atoms with Gasteiger partial charge in [-0.15, -0.1) is 0 Å². The summed E-state index contributed by atoms with van der Waals surface area (Å²) >= 11 is 0. The van der Waals surface area contributed by atoms with Crippen LogP contribution in [0.25, 0.3) is 0 Å². The zero-order valence-electron chi connectivity index (χ0n) is 43.9. The van der Waals surface area contributed by atoms with Gasteiger partial charge in [0.1, 0.15) is 140 Å². The topological polar surface area (TPSA) is 590 Å². The van der Waals surface area contributed by atoms with E-state index in [0.29, 0.717) is 0 Å². The van der Waals surface area contributed by atoms with Crippen LogP contribution in [0.2, 0.25) is 0 Å². The molecule has 0 radical (unpaired) electrons. The van der Waals surface area contributed by atoms with E-state index in [1.807, 2.05) is 0 Å². The van der Waals surface area contributed by atoms with Gasteiger partial charge in [0.15, 0.2) is 31.5 Å². The number of carboxylic acid groups (broad SMARTS) is 1. The summed E-state index contributed by atoms with van der Waals surface area (Å²) in [6.45, 7) is -3.75. The summed E-state index contributed by atoms with van der Waals surface area (Å²) in [4.78, 5) is 51.0. The van der Waals surface area contributed by atoms with Gasteiger partial charge in [0.25, 0.3) is 5.79 Å². The highest BCUT2D eigenvalue weighted by atomic mass is 16.8. The predicted octanol–water partition coefficient (Wildman–Crippen LogP) is -14.5. The maximum Gasteiger partial charge on any atom is 0.364 e. The largest absolute Gasteiger partial charge is 0.477 e. The van der Waals surface area contributed by atoms with Crippen LogP contribution in [-0.4, -0.2) is 350 Å². The van der Waals surface area contributed by atoms with Crippen LogP contribution in [0.5, 0.6) is 0 Å². The van der Waals surface area contributed by atoms with Crippen LogP contribution in [0.3, 0.4) is 0 Å². The maximum atomic E-state index is 13.5. The summed E-state index contributed by atoms with van der Waals surface area (Å²) in [7, 11) is 0. The van der Waals surface area contributed by atoms with E-state index in [-0.39, 0.29) is 0 Å². The Hall–Kier alpha value is -3.28. The number of ether oxygens (including phenoxy) is 11. The van der Waals surface area contributed by atoms with Crippen LogP contribution in [0.15, 0.2) is 0 Å². The molecule has 0 saturated carbocycles. The van der Waals surface area contributed by atoms with Gasteiger partial charge in [-0.05, 0) is 0 Å². The van der Waals surface area contributed by atoms with Gasteiger partial charge in [0.2, 0.25) is 17.7 Å². The molecule has 37 nitrogen and oxygen atoms in total. The molecule has 0 aliphatic carbocycles. The lowest BCUT2D eigenvalue weighted by Crippen LogP contribution is -2.72. The summed E-state index contributed by atoms with van der Waals surface area (Å²) in [5.74, 6) is -8.20. The molecule has 0 spiro atoms. The van der Waals surface area contributed by atoms with Gasteiger partial charge < -0.3 is 165 Å². The number of hydrogen-bond donors (Lipinski definition) is 22. The molecule has 6 aliphatic rings. The van der Waals surface area contributed by atoms with Gasteiger partial charge in [0, 0.05) is 27.2 Å². The summed E-state index contributed by atoms with van der Waals surface area (Å²) in [6.07, 6.45) is -57.6. The number of hydrogen-bond acceptors (Lipinski definition) is 33. The number of carboxylic acids is 1. The standard InChI is InChI=1S/C45H75N3O34/c1-11(55)46-21-14(58)4-45(44(70)71,81-37(21)24(60)15(59)5-49)82-38-32(68)43(78-33-18(8-52)72-39(69)30(66)28(33)64)76-20(10-54)35(38)79-41-23(48-13(3)57)36(26(62)17(7-51)74-41)80-42-31(67)29(65)34(19(9-53)75-42)77-40-22(47-12(2)56)27(63)25(61)16(6-50)73-40/h14-43,49-54,58-69H,4-10H2,1-3H3,(H,46,55)(H,47,56)(H,48,57)(H,70,71)/t14-,15+,16+,17+,18+,19+,20+,21+,22+,23+,24+,25-,26-,27+,28+,29-,30+,31+,32+,33+,34-,35-,36+,37+,38+,39+,40-,41-,42-,43-,45-/m0/s1. The van der Waals surface area contributed by atoms with Crippen molar-refractivity contribution >= 4 is 23.7 Å². The molecule has 0 aromatic heterocycles. The molecule has 474 valence electrons. The second-order valence-electron chi connectivity index (χ2n) is 20.4. The van der Waals surface area contributed by atoms with Crippen LogP contribution in [0.4, 0.5) is 0 Å². The fourth-order valence-electron chi connectivity index (χ4n) is 10.4. The second-order valence-corrected chi connectivity index (χ2v) is 20.4. The van der Waals surface area contributed by atoms with Crippen molar-refractivity contribution in [2.45, 2.75) is 217 Å². The minimum absolute atomic E-state index is 0.770. The predicted molar refractivity (Wildman–Crippen MR) is 251 cm³/mol. The van der Waals surface area contributed by atoms with E-state index in [0.717, 1.165) is 20.8 Å². The van der Waals surface area contributed by atoms with E-state index < -0.39 is 259 Å². The second kappa shape index (κ2) is 28.9. The molecule has 6 fully saturated rings. The Bertz CT molecular complexity index is 2090. The molecule has 0 bridgehead atoms. The third-order valence-electron chi connectivity index (χ3n) is 14.6. The molecule has 6 aliphatic heterocycles. The van der Waals surface area contributed by atoms with Crippen molar-refractivity contribution < 1.29 is 168 Å². The number of carbonyl (C=O) groups excluding carboxylic acids is 3. The van der Waals surface area contributed by atoms with E-state index in [2.05, 4.69) is 16.0 Å². The van der Waals surface area contributed by atoms with E-state index in [1.165, 1.54) is 0 Å². The van der Waals surface area contributed by atoms with Gasteiger partial charge in [-0.1, -0.05) is 0 Å². The number of carbonyl (C=O) groups is 4. The van der Waals surface area contributed by atoms with Gasteiger partial charge in [-0.25, -0.2) is 4.79 Å². The first kappa shape index (κ1) is 67.8. The Morgan fingerprint density at radius 3 is 1.43 bits per heavy atom. The summed E-state index contributed by atoms with van der Waals surface area (Å²) in [5.41, 5.74) is 0. The third kappa shape index (κ3) is 14.6. The maximum absolute atomic E-state index is 13.5. The molecular formula is C45H75N3O34. The first-order valence-corrected chi connectivity index (χ1v) is 25.7. The average molecular weight is 1200 g/mol. The van der Waals surface area contributed by atoms with Crippen molar-refractivity contribution in [2.24, 2.45) is 0 Å². The summed E-state index contributed by atoms with van der Waals surface area (Å²) in [6, 6.07) is -5.36. The Balaban J connectivity index is 1.38. The third-order valence-corrected chi connectivity index (χ3v) is 14.6. The molecule has 3 amide bonds. The van der Waals surface area contributed by atoms with Gasteiger partial charge in [0.05, 0.1) is 51.8 Å². The molecule has 6 saturated heterocycles. The van der Waals surface area contributed by atoms with Gasteiger partial charge >= 0.3 is 5.97 Å². The van der Waals surface area contributed by atoms with Crippen molar-refractivity contribution in [2.75, 3.05) is 39.6 Å². The molecule has 82 heavy (non-hydrogen) atoms. The first-order chi connectivity index (χ1) is 38.6. The lowest BCUT2D eigenvalue weighted by atomic mass is 9.88. The van der Waals surface area contributed by atoms with Crippen molar-refractivity contribution in [3.05, 3.63) is 0 Å². The fraction of sp³-hybridized carbons (Fsp3) is 0.911. The molecule has 6 rings (SSSR count). The molecule has 31 atom stereocenters. The van der Waals surface area contributed by atoms with Crippen molar-refractivity contribution in [3.63, 3.8) is 0 Å². The van der Waals surface area contributed by atoms with E-state index in [9.17, 15) is 116 Å². The highest BCUT2D eigenvalue weighted by molar-refractivity contribution is 5.77. The van der Waals surface area contributed by atoms with E-state index >= 15 is 0 Å². The quantitative estimate of drug-likeness (QED) is 0.0479. The number of aliphatic hydroxyl groups is 18. The van der Waals surface area contributed by atoms with Crippen LogP contribution in [0, 0.1) is 0 Å². The molecular weight excluding hydrogens is 1130 g/mol. The zero-order chi connectivity index (χ0) is 61.0. The smallest absolute Gasteiger partial charge is 0.364 e. The highest BCUT2D eigenvalue weighted by Gasteiger charge is 2.62. The van der Waals surface area contributed by atoms with Crippen LogP contribution >= 0.6 is 0 Å². The fourth-order valence-corrected chi connectivity index (χ4v) is 10.4. The molecule has 0 unspecified atom stereocenters. The Morgan fingerprint density at radius 1 is 0.476 bits per heavy atom. The number of amides is 3. The van der Waals surface area contributed by atoms with Crippen LogP contribution in [-0.2, 0) is 71.3 Å². The molecule has 22 N–H and O–H groups in total. The Labute approximate surface area is 463 Å². The molecule has 0 aromatic rings. The van der Waals surface area contributed by atoms with E-state index in [4.69, 9.17) is 52.1 Å². The number of aliphatic carboxylic acids is 1. The number of nitrogens with one attached hydrogen (secondary N) is 3. The van der Waals surface area contributed by atoms with Crippen molar-refractivity contribution in [3.8, 4) is 0 Å². The first-order valence-electron chi connectivity index (χ1n) is 25.7. The number of rotatable bonds is 22. The Morgan fingerprint density at radius 2 is 0.902 bits per heavy atom. The molecule has 37 heteroatoms. The normalized spacial score (nSPS) is 46.3. The lowest BCUT2D eigenvalue weighted by Gasteiger charge is -2.53. The average Bonchev–Trinajstić information content (AvgIpc) is 3.44. The van der Waals surface area contributed by atoms with Gasteiger partial charge in [-0.3, -0.25) is 14.4 Å². The monoisotopic (exact) mass is 1200 g/mol.